The van der Waals surface area contributed by atoms with Crippen molar-refractivity contribution in [1.82, 2.24) is 24.7 Å². The van der Waals surface area contributed by atoms with Crippen LogP contribution in [0.4, 0.5) is 13.2 Å². The Morgan fingerprint density at radius 2 is 1.69 bits per heavy atom. The SMILES string of the molecule is NC(=O)COc1ccc(-c2noc(-c3cc4nc(-c5ccc(Cl)cc5)cc(C(F)(F)F)n4n3)n2)cc1. The van der Waals surface area contributed by atoms with Crippen LogP contribution in [0.15, 0.2) is 65.2 Å². The molecule has 1 amide bonds. The molecule has 0 atom stereocenters. The van der Waals surface area contributed by atoms with Crippen molar-refractivity contribution in [3.05, 3.63) is 71.4 Å². The lowest BCUT2D eigenvalue weighted by molar-refractivity contribution is -0.142. The smallest absolute Gasteiger partial charge is 0.433 e. The quantitative estimate of drug-likeness (QED) is 0.350. The Balaban J connectivity index is 1.50. The molecule has 9 nitrogen and oxygen atoms in total. The molecule has 0 unspecified atom stereocenters. The Hall–Kier alpha value is -4.45. The van der Waals surface area contributed by atoms with E-state index in [1.54, 1.807) is 48.5 Å². The number of fused-ring (bicyclic) bond motifs is 1. The van der Waals surface area contributed by atoms with Gasteiger partial charge in [-0.2, -0.15) is 23.3 Å². The predicted octanol–water partition coefficient (Wildman–Crippen LogP) is 4.65. The highest BCUT2D eigenvalue weighted by Crippen LogP contribution is 2.33. The summed E-state index contributed by atoms with van der Waals surface area (Å²) >= 11 is 5.89. The van der Waals surface area contributed by atoms with Gasteiger partial charge in [0.1, 0.15) is 5.75 Å². The molecule has 0 spiro atoms. The minimum Gasteiger partial charge on any atom is -0.484 e. The molecule has 3 heterocycles. The predicted molar refractivity (Wildman–Crippen MR) is 122 cm³/mol. The number of nitrogens with zero attached hydrogens (tertiary/aromatic N) is 5. The summed E-state index contributed by atoms with van der Waals surface area (Å²) in [5.41, 5.74) is 5.09. The first-order valence-electron chi connectivity index (χ1n) is 10.3. The number of hydrogen-bond donors (Lipinski definition) is 1. The average molecular weight is 515 g/mol. The van der Waals surface area contributed by atoms with Crippen LogP contribution >= 0.6 is 11.6 Å². The van der Waals surface area contributed by atoms with Crippen LogP contribution in [0.1, 0.15) is 5.69 Å². The standard InChI is InChI=1S/C23H14ClF3N6O3/c24-14-5-1-12(2-6-14)16-9-18(23(25,26)27)33-20(29-16)10-17(31-33)22-30-21(32-36-22)13-3-7-15(8-4-13)35-11-19(28)34/h1-10H,11H2,(H2,28,34). The molecule has 0 aliphatic rings. The van der Waals surface area contributed by atoms with E-state index in [9.17, 15) is 18.0 Å². The Bertz CT molecular complexity index is 1560. The zero-order chi connectivity index (χ0) is 25.4. The molecule has 0 fully saturated rings. The molecule has 5 aromatic rings. The van der Waals surface area contributed by atoms with E-state index in [2.05, 4.69) is 20.2 Å². The first-order valence-corrected chi connectivity index (χ1v) is 10.6. The van der Waals surface area contributed by atoms with Gasteiger partial charge in [-0.1, -0.05) is 28.9 Å². The molecule has 2 aromatic carbocycles. The van der Waals surface area contributed by atoms with Gasteiger partial charge in [0.05, 0.1) is 5.69 Å². The Kier molecular flexibility index (Phi) is 5.80. The normalized spacial score (nSPS) is 11.7. The molecule has 13 heteroatoms. The summed E-state index contributed by atoms with van der Waals surface area (Å²) in [6, 6.07) is 14.9. The minimum atomic E-state index is -4.70. The molecule has 36 heavy (non-hydrogen) atoms. The topological polar surface area (TPSA) is 121 Å². The van der Waals surface area contributed by atoms with E-state index < -0.39 is 17.8 Å². The Labute approximate surface area is 205 Å². The van der Waals surface area contributed by atoms with Crippen molar-refractivity contribution in [2.75, 3.05) is 6.61 Å². The summed E-state index contributed by atoms with van der Waals surface area (Å²) in [7, 11) is 0. The van der Waals surface area contributed by atoms with Gasteiger partial charge >= 0.3 is 6.18 Å². The van der Waals surface area contributed by atoms with E-state index in [1.807, 2.05) is 0 Å². The molecule has 3 aromatic heterocycles. The minimum absolute atomic E-state index is 0.0152. The summed E-state index contributed by atoms with van der Waals surface area (Å²) in [6.07, 6.45) is -4.70. The first kappa shape index (κ1) is 23.3. The summed E-state index contributed by atoms with van der Waals surface area (Å²) in [5.74, 6) is -0.123. The highest BCUT2D eigenvalue weighted by atomic mass is 35.5. The summed E-state index contributed by atoms with van der Waals surface area (Å²) in [5, 5.41) is 8.34. The van der Waals surface area contributed by atoms with Gasteiger partial charge in [0.25, 0.3) is 11.8 Å². The first-order chi connectivity index (χ1) is 17.2. The van der Waals surface area contributed by atoms with Crippen LogP contribution in [0.2, 0.25) is 5.02 Å². The molecular formula is C23H14ClF3N6O3. The van der Waals surface area contributed by atoms with E-state index >= 15 is 0 Å². The molecule has 0 radical (unpaired) electrons. The number of benzene rings is 2. The Morgan fingerprint density at radius 3 is 2.36 bits per heavy atom. The van der Waals surface area contributed by atoms with E-state index in [-0.39, 0.29) is 35.4 Å². The summed E-state index contributed by atoms with van der Waals surface area (Å²) in [4.78, 5) is 19.4. The van der Waals surface area contributed by atoms with Gasteiger partial charge in [-0.25, -0.2) is 9.50 Å². The fourth-order valence-corrected chi connectivity index (χ4v) is 3.47. The third-order valence-electron chi connectivity index (χ3n) is 5.00. The molecule has 5 rings (SSSR count). The van der Waals surface area contributed by atoms with Gasteiger partial charge in [-0.15, -0.1) is 0 Å². The number of rotatable bonds is 6. The second kappa shape index (κ2) is 8.96. The molecule has 2 N–H and O–H groups in total. The number of nitrogens with two attached hydrogens (primary N) is 1. The second-order valence-electron chi connectivity index (χ2n) is 7.53. The highest BCUT2D eigenvalue weighted by Gasteiger charge is 2.35. The molecule has 0 aliphatic carbocycles. The van der Waals surface area contributed by atoms with Crippen molar-refractivity contribution >= 4 is 23.2 Å². The van der Waals surface area contributed by atoms with E-state index in [0.29, 0.717) is 26.4 Å². The van der Waals surface area contributed by atoms with Crippen LogP contribution in [-0.4, -0.2) is 37.3 Å². The number of ether oxygens (including phenoxy) is 1. The monoisotopic (exact) mass is 514 g/mol. The molecule has 0 saturated heterocycles. The molecular weight excluding hydrogens is 501 g/mol. The highest BCUT2D eigenvalue weighted by molar-refractivity contribution is 6.30. The molecule has 0 saturated carbocycles. The summed E-state index contributed by atoms with van der Waals surface area (Å²) < 4.78 is 52.7. The van der Waals surface area contributed by atoms with E-state index in [4.69, 9.17) is 26.6 Å². The van der Waals surface area contributed by atoms with E-state index in [0.717, 1.165) is 6.07 Å². The van der Waals surface area contributed by atoms with Gasteiger partial charge in [0.2, 0.25) is 5.82 Å². The zero-order valence-corrected chi connectivity index (χ0v) is 18.8. The number of hydrogen-bond acceptors (Lipinski definition) is 7. The maximum atomic E-state index is 13.8. The van der Waals surface area contributed by atoms with Crippen LogP contribution in [-0.2, 0) is 11.0 Å². The van der Waals surface area contributed by atoms with Crippen molar-refractivity contribution in [2.45, 2.75) is 6.18 Å². The molecule has 0 aliphatic heterocycles. The van der Waals surface area contributed by atoms with Crippen LogP contribution in [0.25, 0.3) is 39.9 Å². The number of aromatic nitrogens is 5. The number of primary amides is 1. The van der Waals surface area contributed by atoms with Crippen LogP contribution < -0.4 is 10.5 Å². The number of carbonyl (C=O) groups is 1. The van der Waals surface area contributed by atoms with E-state index in [1.165, 1.54) is 6.07 Å². The van der Waals surface area contributed by atoms with Crippen LogP contribution in [0, 0.1) is 0 Å². The van der Waals surface area contributed by atoms with Gasteiger partial charge < -0.3 is 15.0 Å². The lowest BCUT2D eigenvalue weighted by atomic mass is 10.1. The van der Waals surface area contributed by atoms with Crippen LogP contribution in [0.3, 0.4) is 0 Å². The lowest BCUT2D eigenvalue weighted by Gasteiger charge is -2.11. The third-order valence-corrected chi connectivity index (χ3v) is 5.25. The number of carbonyl (C=O) groups excluding carboxylic acids is 1. The van der Waals surface area contributed by atoms with Crippen molar-refractivity contribution in [2.24, 2.45) is 5.73 Å². The van der Waals surface area contributed by atoms with Gasteiger partial charge in [-0.3, -0.25) is 4.79 Å². The zero-order valence-electron chi connectivity index (χ0n) is 18.0. The fraction of sp³-hybridized carbons (Fsp3) is 0.0870. The lowest BCUT2D eigenvalue weighted by Crippen LogP contribution is -2.19. The maximum Gasteiger partial charge on any atom is 0.433 e. The Morgan fingerprint density at radius 1 is 1.00 bits per heavy atom. The van der Waals surface area contributed by atoms with Gasteiger partial charge in [0, 0.05) is 22.2 Å². The van der Waals surface area contributed by atoms with Crippen molar-refractivity contribution in [3.8, 4) is 40.0 Å². The second-order valence-corrected chi connectivity index (χ2v) is 7.97. The number of amides is 1. The summed E-state index contributed by atoms with van der Waals surface area (Å²) in [6.45, 7) is -0.271. The number of alkyl halides is 3. The fourth-order valence-electron chi connectivity index (χ4n) is 3.35. The van der Waals surface area contributed by atoms with Crippen molar-refractivity contribution < 1.29 is 27.2 Å². The van der Waals surface area contributed by atoms with Gasteiger partial charge in [0.15, 0.2) is 23.6 Å². The van der Waals surface area contributed by atoms with Crippen molar-refractivity contribution in [1.29, 1.82) is 0 Å². The molecule has 182 valence electrons. The number of halogens is 4. The third kappa shape index (κ3) is 4.70. The largest absolute Gasteiger partial charge is 0.484 e. The maximum absolute atomic E-state index is 13.8. The van der Waals surface area contributed by atoms with Crippen LogP contribution in [0.5, 0.6) is 5.75 Å². The van der Waals surface area contributed by atoms with Crippen molar-refractivity contribution in [3.63, 3.8) is 0 Å². The van der Waals surface area contributed by atoms with Gasteiger partial charge in [-0.05, 0) is 42.5 Å². The average Bonchev–Trinajstić information content (AvgIpc) is 3.49. The molecule has 0 bridgehead atoms.